The molecule has 1 aliphatic rings. The van der Waals surface area contributed by atoms with E-state index in [-0.39, 0.29) is 12.1 Å². The number of aryl methyl sites for hydroxylation is 1. The maximum atomic E-state index is 12.2. The summed E-state index contributed by atoms with van der Waals surface area (Å²) in [6.45, 7) is 2.85. The highest BCUT2D eigenvalue weighted by Gasteiger charge is 2.43. The number of hydrogen-bond donors (Lipinski definition) is 1. The lowest BCUT2D eigenvalue weighted by Gasteiger charge is -2.25. The zero-order valence-corrected chi connectivity index (χ0v) is 12.6. The van der Waals surface area contributed by atoms with Crippen LogP contribution in [0.15, 0.2) is 35.6 Å². The molecule has 0 aromatic heterocycles. The fraction of sp³-hybridized carbons (Fsp3) is 0.312. The van der Waals surface area contributed by atoms with Gasteiger partial charge in [0.2, 0.25) is 0 Å². The number of nitrogens with zero attached hydrogens (tertiary/aromatic N) is 1. The number of aliphatic hydroxyl groups excluding tert-OH is 1. The lowest BCUT2D eigenvalue weighted by Crippen LogP contribution is -2.36. The fourth-order valence-corrected chi connectivity index (χ4v) is 2.48. The van der Waals surface area contributed by atoms with E-state index >= 15 is 0 Å². The van der Waals surface area contributed by atoms with Crippen molar-refractivity contribution < 1.29 is 24.2 Å². The molecule has 1 aliphatic heterocycles. The lowest BCUT2D eigenvalue weighted by molar-refractivity contribution is -0.146. The van der Waals surface area contributed by atoms with E-state index in [4.69, 9.17) is 0 Å². The summed E-state index contributed by atoms with van der Waals surface area (Å²) in [5, 5.41) is 9.99. The van der Waals surface area contributed by atoms with Gasteiger partial charge >= 0.3 is 5.97 Å². The maximum absolute atomic E-state index is 12.2. The average Bonchev–Trinajstić information content (AvgIpc) is 2.73. The molecule has 6 nitrogen and oxygen atoms in total. The molecule has 22 heavy (non-hydrogen) atoms. The number of rotatable bonds is 4. The summed E-state index contributed by atoms with van der Waals surface area (Å²) < 4.78 is 4.58. The van der Waals surface area contributed by atoms with E-state index in [1.165, 1.54) is 14.0 Å². The summed E-state index contributed by atoms with van der Waals surface area (Å²) in [4.78, 5) is 36.7. The molecule has 0 saturated carbocycles. The molecule has 0 aliphatic carbocycles. The molecule has 0 radical (unpaired) electrons. The Hall–Kier alpha value is -2.63. The second-order valence-corrected chi connectivity index (χ2v) is 5.14. The van der Waals surface area contributed by atoms with Crippen molar-refractivity contribution in [2.75, 3.05) is 13.7 Å². The second-order valence-electron chi connectivity index (χ2n) is 5.14. The Kier molecular flexibility index (Phi) is 4.30. The van der Waals surface area contributed by atoms with E-state index in [2.05, 4.69) is 4.74 Å². The van der Waals surface area contributed by atoms with Crippen molar-refractivity contribution in [3.05, 3.63) is 46.7 Å². The minimum atomic E-state index is -0.787. The largest absolute Gasteiger partial charge is 0.503 e. The van der Waals surface area contributed by atoms with Crippen LogP contribution in [-0.4, -0.2) is 41.3 Å². The Morgan fingerprint density at radius 2 is 1.86 bits per heavy atom. The van der Waals surface area contributed by atoms with Crippen LogP contribution >= 0.6 is 0 Å². The first-order valence-electron chi connectivity index (χ1n) is 6.75. The number of carbonyl (C=O) groups excluding carboxylic acids is 3. The molecule has 0 saturated heterocycles. The predicted molar refractivity (Wildman–Crippen MR) is 78.0 cm³/mol. The number of benzene rings is 1. The van der Waals surface area contributed by atoms with E-state index in [1.807, 2.05) is 19.1 Å². The molecular formula is C16H17NO5. The minimum absolute atomic E-state index is 0.00208. The molecule has 116 valence electrons. The Labute approximate surface area is 128 Å². The van der Waals surface area contributed by atoms with Gasteiger partial charge in [0.25, 0.3) is 5.91 Å². The fourth-order valence-electron chi connectivity index (χ4n) is 2.48. The Morgan fingerprint density at radius 1 is 1.27 bits per heavy atom. The van der Waals surface area contributed by atoms with Gasteiger partial charge in [0.1, 0.15) is 6.54 Å². The highest BCUT2D eigenvalue weighted by Crippen LogP contribution is 2.37. The van der Waals surface area contributed by atoms with Gasteiger partial charge in [-0.25, -0.2) is 0 Å². The van der Waals surface area contributed by atoms with Gasteiger partial charge in [0.05, 0.1) is 18.7 Å². The second kappa shape index (κ2) is 6.01. The smallest absolute Gasteiger partial charge is 0.325 e. The SMILES string of the molecule is COC(=O)CN1C(=O)C(O)=C(C(C)=O)[C@@H]1c1ccc(C)cc1. The van der Waals surface area contributed by atoms with Crippen LogP contribution in [0.1, 0.15) is 24.1 Å². The molecule has 0 fully saturated rings. The Morgan fingerprint density at radius 3 is 2.36 bits per heavy atom. The van der Waals surface area contributed by atoms with Crippen molar-refractivity contribution in [1.29, 1.82) is 0 Å². The first-order valence-corrected chi connectivity index (χ1v) is 6.75. The lowest BCUT2D eigenvalue weighted by atomic mass is 9.96. The highest BCUT2D eigenvalue weighted by atomic mass is 16.5. The third kappa shape index (κ3) is 2.72. The summed E-state index contributed by atoms with van der Waals surface area (Å²) in [7, 11) is 1.21. The normalized spacial score (nSPS) is 17.9. The van der Waals surface area contributed by atoms with Gasteiger partial charge in [-0.15, -0.1) is 0 Å². The van der Waals surface area contributed by atoms with Gasteiger partial charge in [-0.3, -0.25) is 14.4 Å². The van der Waals surface area contributed by atoms with Crippen molar-refractivity contribution in [1.82, 2.24) is 4.90 Å². The van der Waals surface area contributed by atoms with Crippen molar-refractivity contribution in [2.45, 2.75) is 19.9 Å². The molecular weight excluding hydrogens is 286 g/mol. The molecule has 1 aromatic carbocycles. The quantitative estimate of drug-likeness (QED) is 0.851. The Bertz CT molecular complexity index is 660. The number of ether oxygens (including phenoxy) is 1. The zero-order chi connectivity index (χ0) is 16.4. The number of amides is 1. The number of esters is 1. The van der Waals surface area contributed by atoms with Crippen molar-refractivity contribution in [3.8, 4) is 0 Å². The minimum Gasteiger partial charge on any atom is -0.503 e. The standard InChI is InChI=1S/C16H17NO5/c1-9-4-6-11(7-5-9)14-13(10(2)18)15(20)16(21)17(14)8-12(19)22-3/h4-7,14,20H,8H2,1-3H3/t14-/m0/s1. The van der Waals surface area contributed by atoms with E-state index in [9.17, 15) is 19.5 Å². The molecule has 1 aromatic rings. The van der Waals surface area contributed by atoms with Gasteiger partial charge < -0.3 is 14.7 Å². The van der Waals surface area contributed by atoms with Gasteiger partial charge in [0, 0.05) is 0 Å². The van der Waals surface area contributed by atoms with Gasteiger partial charge in [0.15, 0.2) is 11.5 Å². The van der Waals surface area contributed by atoms with Crippen LogP contribution in [0.5, 0.6) is 0 Å². The summed E-state index contributed by atoms with van der Waals surface area (Å²) in [5.41, 5.74) is 1.67. The molecule has 1 amide bonds. The first-order chi connectivity index (χ1) is 10.4. The predicted octanol–water partition coefficient (Wildman–Crippen LogP) is 1.45. The maximum Gasteiger partial charge on any atom is 0.325 e. The van der Waals surface area contributed by atoms with Crippen molar-refractivity contribution in [3.63, 3.8) is 0 Å². The van der Waals surface area contributed by atoms with Gasteiger partial charge in [-0.2, -0.15) is 0 Å². The highest BCUT2D eigenvalue weighted by molar-refractivity contribution is 6.08. The number of carbonyl (C=O) groups is 3. The molecule has 0 bridgehead atoms. The number of aliphatic hydroxyl groups is 1. The van der Waals surface area contributed by atoms with Crippen molar-refractivity contribution >= 4 is 17.7 Å². The molecule has 1 N–H and O–H groups in total. The van der Waals surface area contributed by atoms with Crippen LogP contribution in [0.3, 0.4) is 0 Å². The van der Waals surface area contributed by atoms with Gasteiger partial charge in [-0.1, -0.05) is 29.8 Å². The zero-order valence-electron chi connectivity index (χ0n) is 12.6. The first kappa shape index (κ1) is 15.8. The Balaban J connectivity index is 2.50. The summed E-state index contributed by atoms with van der Waals surface area (Å²) in [6, 6.07) is 6.41. The van der Waals surface area contributed by atoms with E-state index in [1.54, 1.807) is 12.1 Å². The van der Waals surface area contributed by atoms with E-state index in [0.29, 0.717) is 5.56 Å². The van der Waals surface area contributed by atoms with Crippen LogP contribution < -0.4 is 0 Å². The molecule has 1 atom stereocenters. The summed E-state index contributed by atoms with van der Waals surface area (Å²) in [6.07, 6.45) is 0. The molecule has 2 rings (SSSR count). The topological polar surface area (TPSA) is 83.9 Å². The molecule has 0 unspecified atom stereocenters. The van der Waals surface area contributed by atoms with Crippen LogP contribution in [0.2, 0.25) is 0 Å². The monoisotopic (exact) mass is 303 g/mol. The third-order valence-electron chi connectivity index (χ3n) is 3.60. The average molecular weight is 303 g/mol. The number of hydrogen-bond acceptors (Lipinski definition) is 5. The van der Waals surface area contributed by atoms with Crippen LogP contribution in [-0.2, 0) is 19.1 Å². The van der Waals surface area contributed by atoms with Crippen LogP contribution in [0.4, 0.5) is 0 Å². The number of ketones is 1. The summed E-state index contributed by atoms with van der Waals surface area (Å²) in [5.74, 6) is -2.39. The number of Topliss-reactive ketones (excluding diaryl/α,β-unsaturated/α-hetero) is 1. The van der Waals surface area contributed by atoms with Crippen molar-refractivity contribution in [2.24, 2.45) is 0 Å². The van der Waals surface area contributed by atoms with E-state index in [0.717, 1.165) is 10.5 Å². The molecule has 1 heterocycles. The van der Waals surface area contributed by atoms with Crippen LogP contribution in [0, 0.1) is 6.92 Å². The number of methoxy groups -OCH3 is 1. The van der Waals surface area contributed by atoms with Gasteiger partial charge in [-0.05, 0) is 19.4 Å². The molecule has 6 heteroatoms. The molecule has 0 spiro atoms. The third-order valence-corrected chi connectivity index (χ3v) is 3.60. The summed E-state index contributed by atoms with van der Waals surface area (Å²) >= 11 is 0. The van der Waals surface area contributed by atoms with E-state index < -0.39 is 29.5 Å². The van der Waals surface area contributed by atoms with Crippen LogP contribution in [0.25, 0.3) is 0 Å².